The number of nitrogens with zero attached hydrogens (tertiary/aromatic N) is 3. The summed E-state index contributed by atoms with van der Waals surface area (Å²) in [5.41, 5.74) is 1.66. The molecule has 1 atom stereocenters. The van der Waals surface area contributed by atoms with Crippen LogP contribution in [0.25, 0.3) is 0 Å². The number of halogens is 2. The number of aliphatic imine (C=N–C) groups is 1. The van der Waals surface area contributed by atoms with Crippen LogP contribution in [0.3, 0.4) is 0 Å². The van der Waals surface area contributed by atoms with Crippen LogP contribution in [0.1, 0.15) is 18.6 Å². The van der Waals surface area contributed by atoms with Gasteiger partial charge >= 0.3 is 0 Å². The molecule has 176 valence electrons. The van der Waals surface area contributed by atoms with Crippen molar-refractivity contribution in [2.45, 2.75) is 13.0 Å². The second-order valence-corrected chi connectivity index (χ2v) is 7.27. The summed E-state index contributed by atoms with van der Waals surface area (Å²) in [5.74, 6) is 1.79. The van der Waals surface area contributed by atoms with Gasteiger partial charge in [-0.3, -0.25) is 4.99 Å². The van der Waals surface area contributed by atoms with E-state index in [9.17, 15) is 9.50 Å². The molecule has 1 fully saturated rings. The number of aliphatic hydroxyl groups is 1. The normalized spacial score (nSPS) is 15.1. The summed E-state index contributed by atoms with van der Waals surface area (Å²) in [7, 11) is 3.16. The first-order valence-corrected chi connectivity index (χ1v) is 10.5. The van der Waals surface area contributed by atoms with Crippen molar-refractivity contribution in [2.75, 3.05) is 58.4 Å². The number of ether oxygens (including phenoxy) is 2. The quantitative estimate of drug-likeness (QED) is 0.309. The highest BCUT2D eigenvalue weighted by Crippen LogP contribution is 2.29. The Balaban J connectivity index is 0.00000363. The van der Waals surface area contributed by atoms with Gasteiger partial charge in [-0.1, -0.05) is 0 Å². The molecule has 0 aromatic heterocycles. The van der Waals surface area contributed by atoms with Gasteiger partial charge in [0.15, 0.2) is 5.96 Å². The molecule has 0 amide bonds. The number of hydrogen-bond donors (Lipinski definition) is 2. The fourth-order valence-electron chi connectivity index (χ4n) is 3.63. The maximum atomic E-state index is 13.2. The van der Waals surface area contributed by atoms with E-state index in [4.69, 9.17) is 9.47 Å². The Morgan fingerprint density at radius 1 is 1.09 bits per heavy atom. The molecule has 2 N–H and O–H groups in total. The summed E-state index contributed by atoms with van der Waals surface area (Å²) < 4.78 is 23.8. The van der Waals surface area contributed by atoms with Gasteiger partial charge < -0.3 is 29.7 Å². The minimum atomic E-state index is -0.820. The van der Waals surface area contributed by atoms with E-state index in [1.807, 2.05) is 19.1 Å². The van der Waals surface area contributed by atoms with Gasteiger partial charge in [0.1, 0.15) is 23.4 Å². The third-order valence-electron chi connectivity index (χ3n) is 5.32. The summed E-state index contributed by atoms with van der Waals surface area (Å²) in [6, 6.07) is 11.9. The minimum absolute atomic E-state index is 0. The van der Waals surface area contributed by atoms with E-state index in [0.29, 0.717) is 17.1 Å². The molecule has 1 aliphatic heterocycles. The predicted octanol–water partition coefficient (Wildman–Crippen LogP) is 3.28. The van der Waals surface area contributed by atoms with E-state index in [1.165, 1.54) is 12.1 Å². The minimum Gasteiger partial charge on any atom is -0.497 e. The van der Waals surface area contributed by atoms with E-state index in [2.05, 4.69) is 20.1 Å². The molecule has 0 radical (unpaired) electrons. The average Bonchev–Trinajstić information content (AvgIpc) is 2.81. The number of nitrogens with one attached hydrogen (secondary N) is 1. The van der Waals surface area contributed by atoms with Gasteiger partial charge in [0, 0.05) is 44.0 Å². The SMILES string of the molecule is CCNC(=NCC(O)c1cc(OC)ccc1OC)N1CCN(c2ccc(F)cc2)CC1.I. The molecule has 0 saturated carbocycles. The maximum Gasteiger partial charge on any atom is 0.194 e. The Kier molecular flexibility index (Phi) is 10.3. The Bertz CT molecular complexity index is 874. The lowest BCUT2D eigenvalue weighted by molar-refractivity contribution is 0.181. The largest absolute Gasteiger partial charge is 0.497 e. The monoisotopic (exact) mass is 558 g/mol. The molecular formula is C23H32FIN4O3. The first-order valence-electron chi connectivity index (χ1n) is 10.5. The van der Waals surface area contributed by atoms with Crippen LogP contribution in [0.5, 0.6) is 11.5 Å². The van der Waals surface area contributed by atoms with Crippen molar-refractivity contribution in [3.8, 4) is 11.5 Å². The lowest BCUT2D eigenvalue weighted by Gasteiger charge is -2.37. The average molecular weight is 558 g/mol. The van der Waals surface area contributed by atoms with E-state index in [0.717, 1.165) is 44.4 Å². The lowest BCUT2D eigenvalue weighted by atomic mass is 10.1. The van der Waals surface area contributed by atoms with Crippen molar-refractivity contribution in [1.29, 1.82) is 0 Å². The molecule has 1 aliphatic rings. The van der Waals surface area contributed by atoms with Crippen LogP contribution in [-0.2, 0) is 0 Å². The van der Waals surface area contributed by atoms with Crippen LogP contribution in [0, 0.1) is 5.82 Å². The van der Waals surface area contributed by atoms with Crippen LogP contribution < -0.4 is 19.7 Å². The Morgan fingerprint density at radius 3 is 2.38 bits per heavy atom. The van der Waals surface area contributed by atoms with Gasteiger partial charge in [-0.05, 0) is 49.4 Å². The highest BCUT2D eigenvalue weighted by atomic mass is 127. The summed E-state index contributed by atoms with van der Waals surface area (Å²) in [4.78, 5) is 9.08. The second-order valence-electron chi connectivity index (χ2n) is 7.27. The molecule has 0 spiro atoms. The summed E-state index contributed by atoms with van der Waals surface area (Å²) in [5, 5.41) is 14.1. The number of aliphatic hydroxyl groups excluding tert-OH is 1. The van der Waals surface area contributed by atoms with Gasteiger partial charge in [0.25, 0.3) is 0 Å². The zero-order valence-corrected chi connectivity index (χ0v) is 21.1. The fraction of sp³-hybridized carbons (Fsp3) is 0.435. The molecule has 32 heavy (non-hydrogen) atoms. The van der Waals surface area contributed by atoms with E-state index in [-0.39, 0.29) is 36.3 Å². The smallest absolute Gasteiger partial charge is 0.194 e. The van der Waals surface area contributed by atoms with Gasteiger partial charge in [-0.15, -0.1) is 24.0 Å². The highest BCUT2D eigenvalue weighted by molar-refractivity contribution is 14.0. The van der Waals surface area contributed by atoms with Gasteiger partial charge in [-0.2, -0.15) is 0 Å². The van der Waals surface area contributed by atoms with Crippen LogP contribution in [-0.4, -0.2) is 69.5 Å². The molecule has 2 aromatic rings. The van der Waals surface area contributed by atoms with Gasteiger partial charge in [-0.25, -0.2) is 4.39 Å². The number of rotatable bonds is 7. The Morgan fingerprint density at radius 2 is 1.78 bits per heavy atom. The second kappa shape index (κ2) is 12.7. The number of benzene rings is 2. The topological polar surface area (TPSA) is 69.6 Å². The summed E-state index contributed by atoms with van der Waals surface area (Å²) in [6.07, 6.45) is -0.820. The summed E-state index contributed by atoms with van der Waals surface area (Å²) >= 11 is 0. The Labute approximate surface area is 206 Å². The molecule has 2 aromatic carbocycles. The molecule has 7 nitrogen and oxygen atoms in total. The van der Waals surface area contributed by atoms with Crippen LogP contribution in [0.2, 0.25) is 0 Å². The van der Waals surface area contributed by atoms with Gasteiger partial charge in [0.2, 0.25) is 0 Å². The van der Waals surface area contributed by atoms with Crippen molar-refractivity contribution in [2.24, 2.45) is 4.99 Å². The number of methoxy groups -OCH3 is 2. The van der Waals surface area contributed by atoms with Crippen molar-refractivity contribution in [3.63, 3.8) is 0 Å². The highest BCUT2D eigenvalue weighted by Gasteiger charge is 2.21. The third kappa shape index (κ3) is 6.61. The van der Waals surface area contributed by atoms with Crippen LogP contribution in [0.15, 0.2) is 47.5 Å². The maximum absolute atomic E-state index is 13.2. The lowest BCUT2D eigenvalue weighted by Crippen LogP contribution is -2.52. The van der Waals surface area contributed by atoms with E-state index in [1.54, 1.807) is 32.4 Å². The van der Waals surface area contributed by atoms with E-state index < -0.39 is 6.10 Å². The molecule has 9 heteroatoms. The zero-order chi connectivity index (χ0) is 22.2. The van der Waals surface area contributed by atoms with Crippen molar-refractivity contribution in [1.82, 2.24) is 10.2 Å². The standard InChI is InChI=1S/C23H31FN4O3.HI/c1-4-25-23(26-16-21(29)20-15-19(30-2)9-10-22(20)31-3)28-13-11-27(12-14-28)18-7-5-17(24)6-8-18;/h5-10,15,21,29H,4,11-14,16H2,1-3H3,(H,25,26);1H. The molecule has 1 saturated heterocycles. The van der Waals surface area contributed by atoms with Gasteiger partial charge in [0.05, 0.1) is 20.8 Å². The zero-order valence-electron chi connectivity index (χ0n) is 18.8. The Hall–Kier alpha value is -2.27. The number of anilines is 1. The molecule has 1 unspecified atom stereocenters. The van der Waals surface area contributed by atoms with E-state index >= 15 is 0 Å². The molecule has 0 aliphatic carbocycles. The van der Waals surface area contributed by atoms with Crippen molar-refractivity contribution < 1.29 is 19.0 Å². The van der Waals surface area contributed by atoms with Crippen LogP contribution in [0.4, 0.5) is 10.1 Å². The fourth-order valence-corrected chi connectivity index (χ4v) is 3.63. The molecule has 1 heterocycles. The van der Waals surface area contributed by atoms with Crippen LogP contribution >= 0.6 is 24.0 Å². The molecule has 0 bridgehead atoms. The van der Waals surface area contributed by atoms with Crippen molar-refractivity contribution in [3.05, 3.63) is 53.8 Å². The first kappa shape index (κ1) is 26.0. The third-order valence-corrected chi connectivity index (χ3v) is 5.32. The number of hydrogen-bond acceptors (Lipinski definition) is 5. The number of piperazine rings is 1. The predicted molar refractivity (Wildman–Crippen MR) is 136 cm³/mol. The first-order chi connectivity index (χ1) is 15.0. The molecule has 3 rings (SSSR count). The summed E-state index contributed by atoms with van der Waals surface area (Å²) in [6.45, 7) is 6.12. The number of guanidine groups is 1. The molecular weight excluding hydrogens is 526 g/mol. The van der Waals surface area contributed by atoms with Crippen molar-refractivity contribution >= 4 is 35.6 Å².